The van der Waals surface area contributed by atoms with Crippen LogP contribution in [0.4, 0.5) is 0 Å². The van der Waals surface area contributed by atoms with E-state index in [0.29, 0.717) is 0 Å². The molecular formula is C18H24S. The van der Waals surface area contributed by atoms with Crippen molar-refractivity contribution in [3.05, 3.63) is 72.2 Å². The predicted molar refractivity (Wildman–Crippen MR) is 89.5 cm³/mol. The molecule has 1 heteroatoms. The van der Waals surface area contributed by atoms with E-state index >= 15 is 0 Å². The Morgan fingerprint density at radius 3 is 2.58 bits per heavy atom. The maximum atomic E-state index is 3.84. The fraction of sp³-hybridized carbons (Fsp3) is 0.333. The van der Waals surface area contributed by atoms with Crippen LogP contribution in [-0.4, -0.2) is 5.75 Å². The molecule has 0 spiro atoms. The first kappa shape index (κ1) is 15.8. The van der Waals surface area contributed by atoms with Gasteiger partial charge in [0, 0.05) is 10.7 Å². The van der Waals surface area contributed by atoms with Crippen LogP contribution in [0, 0.1) is 5.92 Å². The Hall–Kier alpha value is -1.21. The summed E-state index contributed by atoms with van der Waals surface area (Å²) < 4.78 is 0. The lowest BCUT2D eigenvalue weighted by Gasteiger charge is -2.14. The Morgan fingerprint density at radius 1 is 1.26 bits per heavy atom. The fourth-order valence-corrected chi connectivity index (χ4v) is 3.07. The number of aryl methyl sites for hydroxylation is 1. The number of benzene rings is 1. The number of hydrogen-bond donors (Lipinski definition) is 0. The van der Waals surface area contributed by atoms with Gasteiger partial charge in [-0.3, -0.25) is 0 Å². The van der Waals surface area contributed by atoms with E-state index in [-0.39, 0.29) is 0 Å². The largest absolute Gasteiger partial charge is 0.126 e. The quantitative estimate of drug-likeness (QED) is 0.525. The van der Waals surface area contributed by atoms with E-state index < -0.39 is 0 Å². The van der Waals surface area contributed by atoms with Gasteiger partial charge in [0.1, 0.15) is 0 Å². The summed E-state index contributed by atoms with van der Waals surface area (Å²) in [6.45, 7) is 9.85. The molecule has 0 fully saturated rings. The van der Waals surface area contributed by atoms with Gasteiger partial charge in [-0.15, -0.1) is 11.8 Å². The minimum atomic E-state index is 0.762. The van der Waals surface area contributed by atoms with Crippen molar-refractivity contribution in [2.24, 2.45) is 5.92 Å². The third-order valence-electron chi connectivity index (χ3n) is 3.23. The summed E-state index contributed by atoms with van der Waals surface area (Å²) in [6.07, 6.45) is 9.44. The number of hydrogen-bond acceptors (Lipinski definition) is 1. The lowest BCUT2D eigenvalue weighted by molar-refractivity contribution is 0.526. The lowest BCUT2D eigenvalue weighted by Crippen LogP contribution is -2.04. The van der Waals surface area contributed by atoms with E-state index in [1.165, 1.54) is 29.7 Å². The van der Waals surface area contributed by atoms with E-state index in [0.717, 1.165) is 11.7 Å². The summed E-state index contributed by atoms with van der Waals surface area (Å²) in [5, 5.41) is 0. The van der Waals surface area contributed by atoms with E-state index in [9.17, 15) is 0 Å². The maximum Gasteiger partial charge on any atom is 0.00659 e. The van der Waals surface area contributed by atoms with Crippen LogP contribution in [0.15, 0.2) is 66.6 Å². The molecule has 19 heavy (non-hydrogen) atoms. The second-order valence-electron chi connectivity index (χ2n) is 4.62. The van der Waals surface area contributed by atoms with E-state index in [2.05, 4.69) is 50.4 Å². The van der Waals surface area contributed by atoms with Crippen molar-refractivity contribution >= 4 is 11.8 Å². The third kappa shape index (κ3) is 6.49. The zero-order valence-corrected chi connectivity index (χ0v) is 12.7. The highest BCUT2D eigenvalue weighted by molar-refractivity contribution is 8.03. The molecule has 0 aliphatic rings. The lowest BCUT2D eigenvalue weighted by atomic mass is 9.99. The summed E-state index contributed by atoms with van der Waals surface area (Å²) in [6, 6.07) is 10.7. The highest BCUT2D eigenvalue weighted by atomic mass is 32.2. The van der Waals surface area contributed by atoms with E-state index in [4.69, 9.17) is 0 Å². The molecule has 0 aromatic heterocycles. The van der Waals surface area contributed by atoms with Crippen molar-refractivity contribution in [1.82, 2.24) is 0 Å². The van der Waals surface area contributed by atoms with Crippen molar-refractivity contribution in [3.8, 4) is 0 Å². The molecule has 102 valence electrons. The van der Waals surface area contributed by atoms with Crippen LogP contribution in [0.5, 0.6) is 0 Å². The Balaban J connectivity index is 2.39. The van der Waals surface area contributed by atoms with Gasteiger partial charge in [0.15, 0.2) is 0 Å². The third-order valence-corrected chi connectivity index (χ3v) is 4.50. The molecule has 1 aromatic rings. The number of rotatable bonds is 9. The van der Waals surface area contributed by atoms with Gasteiger partial charge in [-0.2, -0.15) is 0 Å². The monoisotopic (exact) mass is 272 g/mol. The minimum absolute atomic E-state index is 0.762. The summed E-state index contributed by atoms with van der Waals surface area (Å²) in [5.74, 6) is 1.92. The Kier molecular flexibility index (Phi) is 8.08. The molecule has 0 aliphatic heterocycles. The molecule has 0 saturated heterocycles. The molecule has 1 rings (SSSR count). The first-order valence-electron chi connectivity index (χ1n) is 6.92. The second-order valence-corrected chi connectivity index (χ2v) is 5.71. The van der Waals surface area contributed by atoms with Crippen molar-refractivity contribution in [3.63, 3.8) is 0 Å². The van der Waals surface area contributed by atoms with Gasteiger partial charge in [-0.05, 0) is 30.4 Å². The molecule has 1 atom stereocenters. The second kappa shape index (κ2) is 9.69. The van der Waals surface area contributed by atoms with Crippen LogP contribution < -0.4 is 0 Å². The van der Waals surface area contributed by atoms with Crippen LogP contribution in [0.25, 0.3) is 0 Å². The highest BCUT2D eigenvalue weighted by Gasteiger charge is 2.07. The predicted octanol–water partition coefficient (Wildman–Crippen LogP) is 5.63. The van der Waals surface area contributed by atoms with Crippen molar-refractivity contribution in [2.45, 2.75) is 26.2 Å². The van der Waals surface area contributed by atoms with Crippen molar-refractivity contribution in [2.75, 3.05) is 5.75 Å². The summed E-state index contributed by atoms with van der Waals surface area (Å²) in [4.78, 5) is 1.22. The van der Waals surface area contributed by atoms with Crippen molar-refractivity contribution in [1.29, 1.82) is 0 Å². The molecule has 0 aliphatic carbocycles. The average molecular weight is 272 g/mol. The molecule has 0 amide bonds. The van der Waals surface area contributed by atoms with Gasteiger partial charge < -0.3 is 0 Å². The number of allylic oxidation sites excluding steroid dienone is 3. The zero-order chi connectivity index (χ0) is 13.9. The van der Waals surface area contributed by atoms with Crippen LogP contribution in [0.1, 0.15) is 25.3 Å². The highest BCUT2D eigenvalue weighted by Crippen LogP contribution is 2.24. The first-order chi connectivity index (χ1) is 9.30. The smallest absolute Gasteiger partial charge is 0.00659 e. The van der Waals surface area contributed by atoms with Crippen LogP contribution in [-0.2, 0) is 6.42 Å². The standard InChI is InChI=1S/C18H24S/c1-4-10-18(6-3)19-15-16(5-2)13-14-17-11-8-7-9-12-17/h4,6-12,16H,1,3,5,13-15H2,2H3/b18-10+. The van der Waals surface area contributed by atoms with Gasteiger partial charge in [-0.25, -0.2) is 0 Å². The Morgan fingerprint density at radius 2 is 2.00 bits per heavy atom. The van der Waals surface area contributed by atoms with Gasteiger partial charge in [0.25, 0.3) is 0 Å². The van der Waals surface area contributed by atoms with Gasteiger partial charge in [0.2, 0.25) is 0 Å². The van der Waals surface area contributed by atoms with Crippen LogP contribution in [0.2, 0.25) is 0 Å². The maximum absolute atomic E-state index is 3.84. The van der Waals surface area contributed by atoms with E-state index in [1.54, 1.807) is 0 Å². The minimum Gasteiger partial charge on any atom is -0.126 e. The van der Waals surface area contributed by atoms with E-state index in [1.807, 2.05) is 30.0 Å². The summed E-state index contributed by atoms with van der Waals surface area (Å²) in [5.41, 5.74) is 1.44. The molecule has 0 saturated carbocycles. The van der Waals surface area contributed by atoms with Crippen LogP contribution >= 0.6 is 11.8 Å². The average Bonchev–Trinajstić information content (AvgIpc) is 2.47. The molecular weight excluding hydrogens is 248 g/mol. The van der Waals surface area contributed by atoms with Crippen LogP contribution in [0.3, 0.4) is 0 Å². The SMILES string of the molecule is C=C/C=C(\C=C)SCC(CC)CCc1ccccc1. The van der Waals surface area contributed by atoms with Gasteiger partial charge >= 0.3 is 0 Å². The molecule has 1 aromatic carbocycles. The summed E-state index contributed by atoms with van der Waals surface area (Å²) >= 11 is 1.89. The topological polar surface area (TPSA) is 0 Å². The molecule has 0 N–H and O–H groups in total. The molecule has 1 unspecified atom stereocenters. The van der Waals surface area contributed by atoms with Gasteiger partial charge in [0.05, 0.1) is 0 Å². The van der Waals surface area contributed by atoms with Crippen molar-refractivity contribution < 1.29 is 0 Å². The zero-order valence-electron chi connectivity index (χ0n) is 11.8. The normalized spacial score (nSPS) is 13.0. The molecule has 0 heterocycles. The molecule has 0 nitrogen and oxygen atoms in total. The first-order valence-corrected chi connectivity index (χ1v) is 7.90. The van der Waals surface area contributed by atoms with Gasteiger partial charge in [-0.1, -0.05) is 69.0 Å². The Bertz CT molecular complexity index is 403. The molecule has 0 bridgehead atoms. The molecule has 0 radical (unpaired) electrons. The summed E-state index contributed by atoms with van der Waals surface area (Å²) in [7, 11) is 0. The Labute approximate surface area is 122 Å². The fourth-order valence-electron chi connectivity index (χ4n) is 1.93. The number of thioether (sulfide) groups is 1.